The standard InChI is InChI=1S/C15H22N4O3S/c1-11(19-7-3-2-4-8-19)10-16-23(21,22)12-5-6-13-14(9-12)18-15(20)17-13/h5-6,9,11,16H,2-4,7-8,10H2,1H3,(H2,17,18,20). The lowest BCUT2D eigenvalue weighted by atomic mass is 10.1. The normalized spacial score (nSPS) is 18.3. The van der Waals surface area contributed by atoms with Crippen molar-refractivity contribution in [3.8, 4) is 0 Å². The quantitative estimate of drug-likeness (QED) is 0.758. The monoisotopic (exact) mass is 338 g/mol. The molecule has 1 aromatic carbocycles. The number of rotatable bonds is 5. The van der Waals surface area contributed by atoms with E-state index in [1.807, 2.05) is 6.92 Å². The van der Waals surface area contributed by atoms with Gasteiger partial charge in [-0.3, -0.25) is 4.90 Å². The number of sulfonamides is 1. The number of hydrogen-bond donors (Lipinski definition) is 3. The van der Waals surface area contributed by atoms with Crippen molar-refractivity contribution in [3.63, 3.8) is 0 Å². The van der Waals surface area contributed by atoms with E-state index in [0.29, 0.717) is 17.6 Å². The summed E-state index contributed by atoms with van der Waals surface area (Å²) in [6, 6.07) is 4.73. The van der Waals surface area contributed by atoms with Crippen LogP contribution in [-0.4, -0.2) is 49.0 Å². The Balaban J connectivity index is 1.70. The van der Waals surface area contributed by atoms with Gasteiger partial charge in [0, 0.05) is 12.6 Å². The van der Waals surface area contributed by atoms with Crippen LogP contribution >= 0.6 is 0 Å². The molecule has 3 rings (SSSR count). The minimum Gasteiger partial charge on any atom is -0.306 e. The first-order chi connectivity index (χ1) is 11.0. The highest BCUT2D eigenvalue weighted by atomic mass is 32.2. The maximum absolute atomic E-state index is 12.4. The predicted octanol–water partition coefficient (Wildman–Crippen LogP) is 1.01. The first kappa shape index (κ1) is 16.2. The fourth-order valence-corrected chi connectivity index (χ4v) is 4.13. The van der Waals surface area contributed by atoms with Crippen molar-refractivity contribution in [2.75, 3.05) is 19.6 Å². The minimum atomic E-state index is -3.59. The zero-order chi connectivity index (χ0) is 16.4. The molecule has 1 unspecified atom stereocenters. The number of nitrogens with one attached hydrogen (secondary N) is 3. The van der Waals surface area contributed by atoms with E-state index < -0.39 is 10.0 Å². The van der Waals surface area contributed by atoms with Gasteiger partial charge in [-0.05, 0) is 51.1 Å². The second-order valence-corrected chi connectivity index (χ2v) is 7.85. The third kappa shape index (κ3) is 3.65. The highest BCUT2D eigenvalue weighted by molar-refractivity contribution is 7.89. The van der Waals surface area contributed by atoms with Gasteiger partial charge >= 0.3 is 5.69 Å². The Kier molecular flexibility index (Phi) is 4.56. The lowest BCUT2D eigenvalue weighted by Crippen LogP contribution is -2.44. The molecule has 1 saturated heterocycles. The van der Waals surface area contributed by atoms with Crippen LogP contribution < -0.4 is 10.4 Å². The molecule has 0 spiro atoms. The zero-order valence-corrected chi connectivity index (χ0v) is 13.9. The molecule has 126 valence electrons. The lowest BCUT2D eigenvalue weighted by molar-refractivity contribution is 0.175. The molecule has 3 N–H and O–H groups in total. The van der Waals surface area contributed by atoms with E-state index in [1.165, 1.54) is 31.4 Å². The largest absolute Gasteiger partial charge is 0.323 e. The van der Waals surface area contributed by atoms with Crippen LogP contribution in [0.15, 0.2) is 27.9 Å². The summed E-state index contributed by atoms with van der Waals surface area (Å²) < 4.78 is 27.5. The summed E-state index contributed by atoms with van der Waals surface area (Å²) in [4.78, 5) is 18.9. The predicted molar refractivity (Wildman–Crippen MR) is 89.0 cm³/mol. The number of piperidine rings is 1. The number of imidazole rings is 1. The molecular formula is C15H22N4O3S. The van der Waals surface area contributed by atoms with E-state index in [2.05, 4.69) is 19.6 Å². The maximum Gasteiger partial charge on any atom is 0.323 e. The summed E-state index contributed by atoms with van der Waals surface area (Å²) in [5.74, 6) is 0. The van der Waals surface area contributed by atoms with Crippen LogP contribution in [0.25, 0.3) is 11.0 Å². The van der Waals surface area contributed by atoms with Crippen LogP contribution in [0.1, 0.15) is 26.2 Å². The molecule has 8 heteroatoms. The maximum atomic E-state index is 12.4. The highest BCUT2D eigenvalue weighted by Crippen LogP contribution is 2.16. The van der Waals surface area contributed by atoms with Crippen molar-refractivity contribution in [1.82, 2.24) is 19.6 Å². The van der Waals surface area contributed by atoms with Crippen molar-refractivity contribution in [2.24, 2.45) is 0 Å². The van der Waals surface area contributed by atoms with Gasteiger partial charge in [-0.25, -0.2) is 17.9 Å². The van der Waals surface area contributed by atoms with Crippen LogP contribution in [0.5, 0.6) is 0 Å². The van der Waals surface area contributed by atoms with E-state index in [-0.39, 0.29) is 16.6 Å². The first-order valence-electron chi connectivity index (χ1n) is 7.91. The first-order valence-corrected chi connectivity index (χ1v) is 9.40. The third-order valence-corrected chi connectivity index (χ3v) is 5.80. The molecule has 1 fully saturated rings. The molecule has 0 bridgehead atoms. The van der Waals surface area contributed by atoms with Crippen LogP contribution in [-0.2, 0) is 10.0 Å². The fourth-order valence-electron chi connectivity index (χ4n) is 2.98. The van der Waals surface area contributed by atoms with E-state index >= 15 is 0 Å². The molecule has 23 heavy (non-hydrogen) atoms. The van der Waals surface area contributed by atoms with Crippen LogP contribution in [0, 0.1) is 0 Å². The Morgan fingerprint density at radius 2 is 1.87 bits per heavy atom. The molecule has 0 radical (unpaired) electrons. The smallest absolute Gasteiger partial charge is 0.306 e. The summed E-state index contributed by atoms with van der Waals surface area (Å²) in [7, 11) is -3.59. The number of hydrogen-bond acceptors (Lipinski definition) is 4. The highest BCUT2D eigenvalue weighted by Gasteiger charge is 2.20. The molecule has 1 aliphatic heterocycles. The lowest BCUT2D eigenvalue weighted by Gasteiger charge is -2.32. The number of nitrogens with zero attached hydrogens (tertiary/aromatic N) is 1. The van der Waals surface area contributed by atoms with E-state index in [0.717, 1.165) is 13.1 Å². The summed E-state index contributed by atoms with van der Waals surface area (Å²) in [6.07, 6.45) is 3.60. The molecule has 1 aromatic heterocycles. The number of likely N-dealkylation sites (tertiary alicyclic amines) is 1. The Labute approximate surface area is 135 Å². The average molecular weight is 338 g/mol. The van der Waals surface area contributed by atoms with Gasteiger partial charge in [0.2, 0.25) is 10.0 Å². The second-order valence-electron chi connectivity index (χ2n) is 6.08. The van der Waals surface area contributed by atoms with Crippen molar-refractivity contribution in [3.05, 3.63) is 28.7 Å². The van der Waals surface area contributed by atoms with Gasteiger partial charge in [-0.2, -0.15) is 0 Å². The van der Waals surface area contributed by atoms with E-state index in [1.54, 1.807) is 6.07 Å². The summed E-state index contributed by atoms with van der Waals surface area (Å²) >= 11 is 0. The average Bonchev–Trinajstić information content (AvgIpc) is 2.92. The van der Waals surface area contributed by atoms with Crippen molar-refractivity contribution < 1.29 is 8.42 Å². The van der Waals surface area contributed by atoms with Crippen molar-refractivity contribution in [2.45, 2.75) is 37.1 Å². The molecule has 0 aliphatic carbocycles. The van der Waals surface area contributed by atoms with Crippen molar-refractivity contribution in [1.29, 1.82) is 0 Å². The molecule has 7 nitrogen and oxygen atoms in total. The molecule has 2 aromatic rings. The van der Waals surface area contributed by atoms with Gasteiger partial charge < -0.3 is 9.97 Å². The number of H-pyrrole nitrogens is 2. The number of benzene rings is 1. The number of aromatic nitrogens is 2. The molecule has 1 aliphatic rings. The molecule has 0 saturated carbocycles. The topological polar surface area (TPSA) is 98.1 Å². The fraction of sp³-hybridized carbons (Fsp3) is 0.533. The minimum absolute atomic E-state index is 0.158. The van der Waals surface area contributed by atoms with Gasteiger partial charge in [0.15, 0.2) is 0 Å². The SMILES string of the molecule is CC(CNS(=O)(=O)c1ccc2[nH]c(=O)[nH]c2c1)N1CCCCC1. The molecule has 1 atom stereocenters. The molecule has 2 heterocycles. The van der Waals surface area contributed by atoms with Crippen molar-refractivity contribution >= 4 is 21.1 Å². The van der Waals surface area contributed by atoms with Gasteiger partial charge in [-0.1, -0.05) is 6.42 Å². The zero-order valence-electron chi connectivity index (χ0n) is 13.1. The Hall–Kier alpha value is -1.64. The summed E-state index contributed by atoms with van der Waals surface area (Å²) in [5.41, 5.74) is 0.735. The van der Waals surface area contributed by atoms with Crippen LogP contribution in [0.4, 0.5) is 0 Å². The molecule has 0 amide bonds. The molecular weight excluding hydrogens is 316 g/mol. The summed E-state index contributed by atoms with van der Waals surface area (Å²) in [5, 5.41) is 0. The Morgan fingerprint density at radius 1 is 1.17 bits per heavy atom. The Morgan fingerprint density at radius 3 is 2.61 bits per heavy atom. The van der Waals surface area contributed by atoms with Crippen LogP contribution in [0.2, 0.25) is 0 Å². The van der Waals surface area contributed by atoms with Gasteiger partial charge in [-0.15, -0.1) is 0 Å². The van der Waals surface area contributed by atoms with Gasteiger partial charge in [0.25, 0.3) is 0 Å². The van der Waals surface area contributed by atoms with Crippen LogP contribution in [0.3, 0.4) is 0 Å². The second kappa shape index (κ2) is 6.46. The van der Waals surface area contributed by atoms with E-state index in [9.17, 15) is 13.2 Å². The third-order valence-electron chi connectivity index (χ3n) is 4.38. The van der Waals surface area contributed by atoms with E-state index in [4.69, 9.17) is 0 Å². The van der Waals surface area contributed by atoms with Gasteiger partial charge in [0.1, 0.15) is 0 Å². The number of aromatic amines is 2. The summed E-state index contributed by atoms with van der Waals surface area (Å²) in [6.45, 7) is 4.48. The van der Waals surface area contributed by atoms with Gasteiger partial charge in [0.05, 0.1) is 15.9 Å². The Bertz CT molecular complexity index is 834. The number of fused-ring (bicyclic) bond motifs is 1.